The van der Waals surface area contributed by atoms with E-state index in [9.17, 15) is 13.2 Å². The number of hydrogen-bond acceptors (Lipinski definition) is 6. The minimum absolute atomic E-state index is 0.267. The molecule has 0 spiro atoms. The highest BCUT2D eigenvalue weighted by molar-refractivity contribution is 7.90. The van der Waals surface area contributed by atoms with Crippen LogP contribution in [0.2, 0.25) is 0 Å². The van der Waals surface area contributed by atoms with Gasteiger partial charge in [-0.2, -0.15) is 0 Å². The van der Waals surface area contributed by atoms with E-state index in [4.69, 9.17) is 6.42 Å². The molecule has 0 unspecified atom stereocenters. The Balaban J connectivity index is 0.000000223. The summed E-state index contributed by atoms with van der Waals surface area (Å²) in [7, 11) is -3.19. The maximum atomic E-state index is 11.6. The predicted octanol–water partition coefficient (Wildman–Crippen LogP) is 5.09. The van der Waals surface area contributed by atoms with Gasteiger partial charge in [0.05, 0.1) is 16.8 Å². The number of anilines is 3. The monoisotopic (exact) mass is 525 g/mol. The first kappa shape index (κ1) is 27.6. The van der Waals surface area contributed by atoms with E-state index in [0.717, 1.165) is 16.9 Å². The molecular weight excluding hydrogens is 498 g/mol. The Morgan fingerprint density at radius 1 is 1.16 bits per heavy atom. The van der Waals surface area contributed by atoms with Crippen LogP contribution in [-0.2, 0) is 14.6 Å². The Kier molecular flexibility index (Phi) is 8.98. The standard InChI is InChI=1S/C16H13N3O2S.C13H14N2O/c1-3-13-11-17-16-15(5-4-10-19(13)16)18-12-6-8-14(9-7-12)22(2,20)21;1-4-5-6-11(3)13(16)15-12-9-10(2)7-8-14-12/h1,4-11,18H,2H3;4-9H,1,3H2,2H3,(H,14,15,16)/b;6-5-. The van der Waals surface area contributed by atoms with Crippen molar-refractivity contribution in [2.45, 2.75) is 11.8 Å². The van der Waals surface area contributed by atoms with E-state index >= 15 is 0 Å². The average molecular weight is 526 g/mol. The molecule has 2 N–H and O–H groups in total. The lowest BCUT2D eigenvalue weighted by atomic mass is 10.2. The third-order valence-corrected chi connectivity index (χ3v) is 6.26. The Hall–Kier alpha value is -4.94. The largest absolute Gasteiger partial charge is 0.352 e. The number of sulfone groups is 1. The second kappa shape index (κ2) is 12.3. The highest BCUT2D eigenvalue weighted by atomic mass is 32.2. The van der Waals surface area contributed by atoms with Gasteiger partial charge in [0.25, 0.3) is 5.91 Å². The summed E-state index contributed by atoms with van der Waals surface area (Å²) in [6.45, 7) is 9.09. The highest BCUT2D eigenvalue weighted by Crippen LogP contribution is 2.23. The van der Waals surface area contributed by atoms with Crippen molar-refractivity contribution in [1.82, 2.24) is 14.4 Å². The number of imidazole rings is 1. The fraction of sp³-hybridized carbons (Fsp3) is 0.0690. The number of hydrogen-bond donors (Lipinski definition) is 2. The van der Waals surface area contributed by atoms with Gasteiger partial charge in [-0.3, -0.25) is 9.20 Å². The van der Waals surface area contributed by atoms with Crippen LogP contribution in [0.1, 0.15) is 11.3 Å². The number of aromatic nitrogens is 3. The second-order valence-electron chi connectivity index (χ2n) is 8.12. The van der Waals surface area contributed by atoms with Crippen molar-refractivity contribution in [1.29, 1.82) is 0 Å². The summed E-state index contributed by atoms with van der Waals surface area (Å²) in [5, 5.41) is 5.87. The van der Waals surface area contributed by atoms with Gasteiger partial charge < -0.3 is 10.6 Å². The molecule has 8 nitrogen and oxygen atoms in total. The molecule has 0 atom stereocenters. The molecule has 0 radical (unpaired) electrons. The lowest BCUT2D eigenvalue weighted by molar-refractivity contribution is -0.112. The fourth-order valence-corrected chi connectivity index (χ4v) is 3.85. The molecule has 0 saturated heterocycles. The summed E-state index contributed by atoms with van der Waals surface area (Å²) in [6, 6.07) is 14.0. The number of carbonyl (C=O) groups is 1. The van der Waals surface area contributed by atoms with Gasteiger partial charge >= 0.3 is 0 Å². The van der Waals surface area contributed by atoms with Crippen LogP contribution in [0.15, 0.2) is 109 Å². The number of benzene rings is 1. The number of carbonyl (C=O) groups excluding carboxylic acids is 1. The van der Waals surface area contributed by atoms with Gasteiger partial charge in [-0.05, 0) is 61.0 Å². The zero-order valence-corrected chi connectivity index (χ0v) is 21.9. The number of rotatable bonds is 7. The molecule has 3 heterocycles. The van der Waals surface area contributed by atoms with E-state index in [0.29, 0.717) is 22.7 Å². The first-order chi connectivity index (χ1) is 18.1. The van der Waals surface area contributed by atoms with Crippen LogP contribution in [-0.4, -0.2) is 34.9 Å². The van der Waals surface area contributed by atoms with E-state index in [2.05, 4.69) is 39.7 Å². The number of allylic oxidation sites excluding steroid dienone is 2. The summed E-state index contributed by atoms with van der Waals surface area (Å²) in [5.41, 5.74) is 4.34. The van der Waals surface area contributed by atoms with Gasteiger partial charge in [0.2, 0.25) is 0 Å². The molecule has 0 saturated carbocycles. The molecule has 1 aromatic carbocycles. The van der Waals surface area contributed by atoms with E-state index < -0.39 is 9.84 Å². The average Bonchev–Trinajstić information content (AvgIpc) is 3.32. The van der Waals surface area contributed by atoms with Crippen molar-refractivity contribution in [2.75, 3.05) is 16.9 Å². The minimum atomic E-state index is -3.19. The van der Waals surface area contributed by atoms with E-state index in [1.165, 1.54) is 6.26 Å². The van der Waals surface area contributed by atoms with Crippen molar-refractivity contribution in [3.05, 3.63) is 115 Å². The van der Waals surface area contributed by atoms with E-state index in [1.807, 2.05) is 35.7 Å². The van der Waals surface area contributed by atoms with Crippen LogP contribution in [0.25, 0.3) is 5.65 Å². The normalized spacial score (nSPS) is 10.8. The topological polar surface area (TPSA) is 105 Å². The molecule has 0 aliphatic carbocycles. The first-order valence-corrected chi connectivity index (χ1v) is 13.2. The molecule has 0 aliphatic rings. The lowest BCUT2D eigenvalue weighted by Crippen LogP contribution is -2.13. The van der Waals surface area contributed by atoms with E-state index in [-0.39, 0.29) is 10.8 Å². The number of terminal acetylenes is 1. The highest BCUT2D eigenvalue weighted by Gasteiger charge is 2.09. The van der Waals surface area contributed by atoms with Crippen molar-refractivity contribution < 1.29 is 13.2 Å². The maximum absolute atomic E-state index is 11.6. The van der Waals surface area contributed by atoms with Crippen LogP contribution in [0.5, 0.6) is 0 Å². The number of nitrogens with zero attached hydrogens (tertiary/aromatic N) is 3. The molecule has 4 rings (SSSR count). The molecule has 38 heavy (non-hydrogen) atoms. The minimum Gasteiger partial charge on any atom is -0.352 e. The van der Waals surface area contributed by atoms with Crippen LogP contribution < -0.4 is 10.6 Å². The van der Waals surface area contributed by atoms with Gasteiger partial charge in [-0.1, -0.05) is 37.3 Å². The molecule has 1 amide bonds. The molecular formula is C29H27N5O3S. The Bertz CT molecular complexity index is 1660. The summed E-state index contributed by atoms with van der Waals surface area (Å²) in [5.74, 6) is 2.83. The third-order valence-electron chi connectivity index (χ3n) is 5.13. The van der Waals surface area contributed by atoms with E-state index in [1.54, 1.807) is 61.0 Å². The van der Waals surface area contributed by atoms with Crippen molar-refractivity contribution in [2.24, 2.45) is 0 Å². The number of pyridine rings is 2. The zero-order valence-electron chi connectivity index (χ0n) is 21.0. The van der Waals surface area contributed by atoms with Gasteiger partial charge in [0, 0.05) is 29.9 Å². The van der Waals surface area contributed by atoms with Crippen molar-refractivity contribution in [3.63, 3.8) is 0 Å². The molecule has 3 aromatic heterocycles. The van der Waals surface area contributed by atoms with Gasteiger partial charge in [0.1, 0.15) is 11.5 Å². The molecule has 0 fully saturated rings. The zero-order chi connectivity index (χ0) is 27.7. The summed E-state index contributed by atoms with van der Waals surface area (Å²) in [4.78, 5) is 20.2. The molecule has 0 bridgehead atoms. The second-order valence-corrected chi connectivity index (χ2v) is 10.1. The molecule has 192 valence electrons. The first-order valence-electron chi connectivity index (χ1n) is 11.3. The summed E-state index contributed by atoms with van der Waals surface area (Å²) in [6.07, 6.45) is 16.6. The van der Waals surface area contributed by atoms with Crippen LogP contribution in [0.3, 0.4) is 0 Å². The fourth-order valence-electron chi connectivity index (χ4n) is 3.22. The van der Waals surface area contributed by atoms with Crippen LogP contribution in [0, 0.1) is 19.3 Å². The SMILES string of the molecule is C#Cc1cnc2c(Nc3ccc(S(C)(=O)=O)cc3)cccn12.C=C/C=C\C(=C)C(=O)Nc1cc(C)ccn1. The number of aryl methyl sites for hydroxylation is 1. The number of fused-ring (bicyclic) bond motifs is 1. The van der Waals surface area contributed by atoms with Gasteiger partial charge in [0.15, 0.2) is 15.5 Å². The maximum Gasteiger partial charge on any atom is 0.256 e. The third kappa shape index (κ3) is 7.29. The van der Waals surface area contributed by atoms with Crippen LogP contribution in [0.4, 0.5) is 17.2 Å². The van der Waals surface area contributed by atoms with Crippen molar-refractivity contribution in [3.8, 4) is 12.3 Å². The Morgan fingerprint density at radius 2 is 1.89 bits per heavy atom. The molecule has 0 aliphatic heterocycles. The summed E-state index contributed by atoms with van der Waals surface area (Å²) >= 11 is 0. The quantitative estimate of drug-likeness (QED) is 0.198. The van der Waals surface area contributed by atoms with Crippen molar-refractivity contribution >= 4 is 38.6 Å². The molecule has 9 heteroatoms. The Labute approximate surface area is 222 Å². The predicted molar refractivity (Wildman–Crippen MR) is 152 cm³/mol. The van der Waals surface area contributed by atoms with Gasteiger partial charge in [-0.15, -0.1) is 6.42 Å². The number of amides is 1. The van der Waals surface area contributed by atoms with Gasteiger partial charge in [-0.25, -0.2) is 18.4 Å². The van der Waals surface area contributed by atoms with Crippen LogP contribution >= 0.6 is 0 Å². The Morgan fingerprint density at radius 3 is 2.53 bits per heavy atom. The lowest BCUT2D eigenvalue weighted by Gasteiger charge is -2.08. The number of nitrogens with one attached hydrogen (secondary N) is 2. The smallest absolute Gasteiger partial charge is 0.256 e. The molecule has 4 aromatic rings. The summed E-state index contributed by atoms with van der Waals surface area (Å²) < 4.78 is 24.7.